The van der Waals surface area contributed by atoms with E-state index in [1.165, 1.54) is 0 Å². The van der Waals surface area contributed by atoms with Crippen LogP contribution in [0.3, 0.4) is 0 Å². The van der Waals surface area contributed by atoms with Crippen LogP contribution in [0, 0.1) is 0 Å². The third-order valence-electron chi connectivity index (χ3n) is 2.93. The van der Waals surface area contributed by atoms with Crippen LogP contribution in [0.4, 0.5) is 0 Å². The van der Waals surface area contributed by atoms with Crippen molar-refractivity contribution in [1.29, 1.82) is 0 Å². The summed E-state index contributed by atoms with van der Waals surface area (Å²) in [6, 6.07) is 6.98. The van der Waals surface area contributed by atoms with Gasteiger partial charge in [0.25, 0.3) is 5.78 Å². The van der Waals surface area contributed by atoms with Crippen molar-refractivity contribution in [3.63, 3.8) is 0 Å². The summed E-state index contributed by atoms with van der Waals surface area (Å²) in [6.07, 6.45) is 0. The molecule has 0 saturated heterocycles. The Morgan fingerprint density at radius 3 is 2.74 bits per heavy atom. The summed E-state index contributed by atoms with van der Waals surface area (Å²) in [7, 11) is 1.91. The number of rotatable bonds is 4. The monoisotopic (exact) mass is 260 g/mol. The van der Waals surface area contributed by atoms with Crippen molar-refractivity contribution in [1.82, 2.24) is 4.90 Å². The molecule has 5 heteroatoms. The van der Waals surface area contributed by atoms with Crippen molar-refractivity contribution in [3.05, 3.63) is 35.4 Å². The Morgan fingerprint density at radius 2 is 2.11 bits per heavy atom. The average Bonchev–Trinajstić information content (AvgIpc) is 2.84. The first-order valence-corrected chi connectivity index (χ1v) is 6.21. The van der Waals surface area contributed by atoms with E-state index in [1.807, 2.05) is 18.0 Å². The molecule has 2 rings (SSSR count). The molecule has 1 aliphatic rings. The van der Waals surface area contributed by atoms with Gasteiger partial charge in [-0.25, -0.2) is 4.79 Å². The first-order valence-electron chi connectivity index (χ1n) is 6.21. The number of hydrogen-bond acceptors (Lipinski definition) is 5. The van der Waals surface area contributed by atoms with E-state index in [0.717, 1.165) is 12.4 Å². The molecule has 0 aromatic heterocycles. The molecule has 100 valence electrons. The van der Waals surface area contributed by atoms with E-state index < -0.39 is 11.8 Å². The largest absolute Gasteiger partial charge is 0.460 e. The number of benzene rings is 1. The number of Topliss-reactive ketones (excluding diaryl/α,β-unsaturated/α-hetero) is 1. The van der Waals surface area contributed by atoms with E-state index in [2.05, 4.69) is 4.99 Å². The number of ketones is 1. The third-order valence-corrected chi connectivity index (χ3v) is 2.93. The quantitative estimate of drug-likeness (QED) is 0.462. The van der Waals surface area contributed by atoms with Gasteiger partial charge in [-0.15, -0.1) is 0 Å². The molecular weight excluding hydrogens is 244 g/mol. The summed E-state index contributed by atoms with van der Waals surface area (Å²) in [4.78, 5) is 30.0. The zero-order valence-corrected chi connectivity index (χ0v) is 11.0. The van der Waals surface area contributed by atoms with Crippen molar-refractivity contribution in [2.75, 3.05) is 26.7 Å². The van der Waals surface area contributed by atoms with Gasteiger partial charge in [0.1, 0.15) is 5.84 Å². The van der Waals surface area contributed by atoms with Gasteiger partial charge in [-0.2, -0.15) is 0 Å². The van der Waals surface area contributed by atoms with Gasteiger partial charge in [0.2, 0.25) is 0 Å². The van der Waals surface area contributed by atoms with E-state index in [-0.39, 0.29) is 6.61 Å². The second-order valence-corrected chi connectivity index (χ2v) is 4.22. The Hall–Kier alpha value is -2.17. The summed E-state index contributed by atoms with van der Waals surface area (Å²) in [5.41, 5.74) is 1.02. The van der Waals surface area contributed by atoms with Crippen LogP contribution < -0.4 is 0 Å². The number of carbonyl (C=O) groups excluding carboxylic acids is 2. The molecule has 0 radical (unpaired) electrons. The smallest absolute Gasteiger partial charge is 0.379 e. The number of likely N-dealkylation sites (N-methyl/N-ethyl adjacent to an activating group) is 1. The summed E-state index contributed by atoms with van der Waals surface area (Å²) in [5, 5.41) is 0. The van der Waals surface area contributed by atoms with Crippen LogP contribution in [0.2, 0.25) is 0 Å². The van der Waals surface area contributed by atoms with Crippen LogP contribution in [0.1, 0.15) is 22.8 Å². The van der Waals surface area contributed by atoms with Gasteiger partial charge < -0.3 is 9.64 Å². The fraction of sp³-hybridized carbons (Fsp3) is 0.357. The lowest BCUT2D eigenvalue weighted by atomic mass is 10.0. The maximum Gasteiger partial charge on any atom is 0.379 e. The molecule has 1 aromatic rings. The van der Waals surface area contributed by atoms with Crippen LogP contribution in [0.25, 0.3) is 0 Å². The number of aliphatic imine (C=N–C) groups is 1. The zero-order chi connectivity index (χ0) is 13.8. The highest BCUT2D eigenvalue weighted by molar-refractivity contribution is 6.42. The average molecular weight is 260 g/mol. The minimum atomic E-state index is -0.823. The highest BCUT2D eigenvalue weighted by Gasteiger charge is 2.25. The topological polar surface area (TPSA) is 59.0 Å². The van der Waals surface area contributed by atoms with E-state index in [1.54, 1.807) is 25.1 Å². The lowest BCUT2D eigenvalue weighted by molar-refractivity contribution is -0.137. The summed E-state index contributed by atoms with van der Waals surface area (Å²) >= 11 is 0. The van der Waals surface area contributed by atoms with Gasteiger partial charge in [0.05, 0.1) is 13.2 Å². The molecule has 0 spiro atoms. The van der Waals surface area contributed by atoms with E-state index in [9.17, 15) is 9.59 Å². The highest BCUT2D eigenvalue weighted by atomic mass is 16.5. The lowest BCUT2D eigenvalue weighted by Gasteiger charge is -2.16. The van der Waals surface area contributed by atoms with E-state index in [4.69, 9.17) is 4.74 Å². The maximum absolute atomic E-state index is 12.1. The Balaban J connectivity index is 2.36. The first-order chi connectivity index (χ1) is 9.15. The Labute approximate surface area is 111 Å². The molecule has 1 aromatic carbocycles. The first kappa shape index (κ1) is 13.3. The Kier molecular flexibility index (Phi) is 3.94. The number of amidine groups is 1. The molecule has 1 heterocycles. The third kappa shape index (κ3) is 2.65. The number of esters is 1. The number of nitrogens with zero attached hydrogens (tertiary/aromatic N) is 2. The van der Waals surface area contributed by atoms with Crippen LogP contribution >= 0.6 is 0 Å². The maximum atomic E-state index is 12.1. The SMILES string of the molecule is CCOC(=O)C(=O)c1ccccc1C1=NCCN1C. The standard InChI is InChI=1S/C14H16N2O3/c1-3-19-14(18)12(17)10-6-4-5-7-11(10)13-15-8-9-16(13)2/h4-7H,3,8-9H2,1-2H3. The van der Waals surface area contributed by atoms with Crippen LogP contribution in [0.5, 0.6) is 0 Å². The fourth-order valence-electron chi connectivity index (χ4n) is 2.01. The molecule has 0 bridgehead atoms. The summed E-state index contributed by atoms with van der Waals surface area (Å²) in [5.74, 6) is -0.704. The van der Waals surface area contributed by atoms with Crippen molar-refractivity contribution in [2.45, 2.75) is 6.92 Å². The Bertz CT molecular complexity index is 537. The summed E-state index contributed by atoms with van der Waals surface area (Å²) < 4.78 is 4.76. The lowest BCUT2D eigenvalue weighted by Crippen LogP contribution is -2.27. The fourth-order valence-corrected chi connectivity index (χ4v) is 2.01. The van der Waals surface area contributed by atoms with Gasteiger partial charge in [-0.3, -0.25) is 9.79 Å². The second kappa shape index (κ2) is 5.65. The van der Waals surface area contributed by atoms with Crippen LogP contribution in [0.15, 0.2) is 29.3 Å². The highest BCUT2D eigenvalue weighted by Crippen LogP contribution is 2.16. The molecular formula is C14H16N2O3. The molecule has 0 saturated carbocycles. The Morgan fingerprint density at radius 1 is 1.37 bits per heavy atom. The number of ether oxygens (including phenoxy) is 1. The molecule has 0 amide bonds. The van der Waals surface area contributed by atoms with Gasteiger partial charge in [-0.1, -0.05) is 24.3 Å². The van der Waals surface area contributed by atoms with Gasteiger partial charge in [0.15, 0.2) is 0 Å². The molecule has 5 nitrogen and oxygen atoms in total. The predicted molar refractivity (Wildman–Crippen MR) is 71.4 cm³/mol. The molecule has 0 N–H and O–H groups in total. The van der Waals surface area contributed by atoms with E-state index >= 15 is 0 Å². The second-order valence-electron chi connectivity index (χ2n) is 4.22. The van der Waals surface area contributed by atoms with Gasteiger partial charge in [-0.05, 0) is 6.92 Å². The number of carbonyl (C=O) groups is 2. The molecule has 0 unspecified atom stereocenters. The van der Waals surface area contributed by atoms with Gasteiger partial charge >= 0.3 is 5.97 Å². The normalized spacial score (nSPS) is 14.2. The van der Waals surface area contributed by atoms with Gasteiger partial charge in [0, 0.05) is 24.7 Å². The van der Waals surface area contributed by atoms with Crippen LogP contribution in [-0.4, -0.2) is 49.2 Å². The van der Waals surface area contributed by atoms with Crippen molar-refractivity contribution in [2.24, 2.45) is 4.99 Å². The molecule has 1 aliphatic heterocycles. The van der Waals surface area contributed by atoms with Crippen molar-refractivity contribution < 1.29 is 14.3 Å². The van der Waals surface area contributed by atoms with Crippen molar-refractivity contribution in [3.8, 4) is 0 Å². The molecule has 0 atom stereocenters. The minimum Gasteiger partial charge on any atom is -0.460 e. The number of hydrogen-bond donors (Lipinski definition) is 0. The molecule has 0 fully saturated rings. The van der Waals surface area contributed by atoms with Crippen molar-refractivity contribution >= 4 is 17.6 Å². The minimum absolute atomic E-state index is 0.188. The van der Waals surface area contributed by atoms with Crippen LogP contribution in [-0.2, 0) is 9.53 Å². The predicted octanol–water partition coefficient (Wildman–Crippen LogP) is 1.12. The molecule has 0 aliphatic carbocycles. The summed E-state index contributed by atoms with van der Waals surface area (Å²) in [6.45, 7) is 3.38. The van der Waals surface area contributed by atoms with E-state index in [0.29, 0.717) is 17.7 Å². The molecule has 19 heavy (non-hydrogen) atoms. The zero-order valence-electron chi connectivity index (χ0n) is 11.0.